The van der Waals surface area contributed by atoms with Gasteiger partial charge in [0, 0.05) is 37.5 Å². The summed E-state index contributed by atoms with van der Waals surface area (Å²) in [6.07, 6.45) is 5.54. The zero-order valence-electron chi connectivity index (χ0n) is 17.3. The highest BCUT2D eigenvalue weighted by Crippen LogP contribution is 2.19. The molecule has 1 aromatic carbocycles. The number of benzene rings is 1. The third-order valence-electron chi connectivity index (χ3n) is 6.28. The molecule has 30 heavy (non-hydrogen) atoms. The molecular formula is C23H31N4O3+. The van der Waals surface area contributed by atoms with E-state index in [-0.39, 0.29) is 23.9 Å². The Hall–Kier alpha value is -2.80. The highest BCUT2D eigenvalue weighted by atomic mass is 16.3. The number of rotatable bonds is 6. The highest BCUT2D eigenvalue weighted by molar-refractivity contribution is 5.89. The summed E-state index contributed by atoms with van der Waals surface area (Å²) in [7, 11) is 0. The van der Waals surface area contributed by atoms with Crippen molar-refractivity contribution in [3.8, 4) is 0 Å². The first-order chi connectivity index (χ1) is 14.7. The van der Waals surface area contributed by atoms with Crippen molar-refractivity contribution in [2.75, 3.05) is 38.0 Å². The van der Waals surface area contributed by atoms with Crippen LogP contribution in [0.2, 0.25) is 0 Å². The molecule has 7 nitrogen and oxygen atoms in total. The summed E-state index contributed by atoms with van der Waals surface area (Å²) in [6, 6.07) is 13.4. The Morgan fingerprint density at radius 3 is 2.47 bits per heavy atom. The quantitative estimate of drug-likeness (QED) is 0.681. The van der Waals surface area contributed by atoms with Gasteiger partial charge in [0.25, 0.3) is 0 Å². The number of carbonyl (C=O) groups excluding carboxylic acids is 2. The van der Waals surface area contributed by atoms with Crippen LogP contribution >= 0.6 is 0 Å². The number of para-hydroxylation sites is 1. The summed E-state index contributed by atoms with van der Waals surface area (Å²) >= 11 is 0. The van der Waals surface area contributed by atoms with Gasteiger partial charge in [0.2, 0.25) is 5.91 Å². The molecule has 3 N–H and O–H groups in total. The number of urea groups is 1. The van der Waals surface area contributed by atoms with Gasteiger partial charge in [0.15, 0.2) is 11.8 Å². The summed E-state index contributed by atoms with van der Waals surface area (Å²) in [6.45, 7) is 4.02. The van der Waals surface area contributed by atoms with E-state index in [1.165, 1.54) is 17.7 Å². The molecule has 4 rings (SSSR count). The van der Waals surface area contributed by atoms with Crippen LogP contribution in [0.4, 0.5) is 10.5 Å². The van der Waals surface area contributed by atoms with Gasteiger partial charge in [0.1, 0.15) is 0 Å². The van der Waals surface area contributed by atoms with Crippen molar-refractivity contribution in [2.45, 2.75) is 31.7 Å². The minimum atomic E-state index is -0.101. The fourth-order valence-corrected chi connectivity index (χ4v) is 4.53. The molecule has 3 amide bonds. The Morgan fingerprint density at radius 2 is 1.80 bits per heavy atom. The van der Waals surface area contributed by atoms with E-state index >= 15 is 0 Å². The van der Waals surface area contributed by atoms with Gasteiger partial charge in [-0.3, -0.25) is 4.79 Å². The van der Waals surface area contributed by atoms with Gasteiger partial charge in [-0.05, 0) is 37.1 Å². The lowest BCUT2D eigenvalue weighted by atomic mass is 9.96. The van der Waals surface area contributed by atoms with Crippen molar-refractivity contribution in [3.05, 3.63) is 54.5 Å². The predicted octanol–water partition coefficient (Wildman–Crippen LogP) is 2.06. The number of nitrogens with one attached hydrogen (secondary N) is 3. The van der Waals surface area contributed by atoms with Crippen molar-refractivity contribution in [1.82, 2.24) is 10.2 Å². The second-order valence-corrected chi connectivity index (χ2v) is 8.24. The van der Waals surface area contributed by atoms with Crippen molar-refractivity contribution < 1.29 is 18.9 Å². The van der Waals surface area contributed by atoms with E-state index in [0.717, 1.165) is 24.5 Å². The summed E-state index contributed by atoms with van der Waals surface area (Å²) < 4.78 is 5.65. The van der Waals surface area contributed by atoms with Crippen LogP contribution in [0.1, 0.15) is 37.5 Å². The van der Waals surface area contributed by atoms with Gasteiger partial charge in [-0.15, -0.1) is 0 Å². The maximum Gasteiger partial charge on any atom is 0.321 e. The minimum absolute atomic E-state index is 0.0448. The Bertz CT molecular complexity index is 810. The van der Waals surface area contributed by atoms with Gasteiger partial charge < -0.3 is 24.9 Å². The first-order valence-electron chi connectivity index (χ1n) is 11.0. The van der Waals surface area contributed by atoms with Gasteiger partial charge >= 0.3 is 6.03 Å². The maximum absolute atomic E-state index is 12.8. The second-order valence-electron chi connectivity index (χ2n) is 8.24. The zero-order valence-corrected chi connectivity index (χ0v) is 17.3. The van der Waals surface area contributed by atoms with Gasteiger partial charge in [-0.2, -0.15) is 0 Å². The summed E-state index contributed by atoms with van der Waals surface area (Å²) in [5.74, 6) is 0.990. The largest absolute Gasteiger partial charge is 0.463 e. The highest BCUT2D eigenvalue weighted by Gasteiger charge is 2.32. The number of quaternary nitrogens is 1. The molecule has 0 unspecified atom stereocenters. The van der Waals surface area contributed by atoms with Crippen LogP contribution in [0, 0.1) is 5.92 Å². The molecular weight excluding hydrogens is 380 g/mol. The average Bonchev–Trinajstić information content (AvgIpc) is 3.50. The molecule has 2 fully saturated rings. The average molecular weight is 412 g/mol. The van der Waals surface area contributed by atoms with E-state index in [4.69, 9.17) is 4.42 Å². The van der Waals surface area contributed by atoms with Gasteiger partial charge in [-0.1, -0.05) is 18.2 Å². The molecule has 2 aliphatic rings. The zero-order chi connectivity index (χ0) is 20.8. The Morgan fingerprint density at radius 1 is 1.07 bits per heavy atom. The third kappa shape index (κ3) is 5.02. The van der Waals surface area contributed by atoms with E-state index in [2.05, 4.69) is 10.6 Å². The lowest BCUT2D eigenvalue weighted by Gasteiger charge is -2.31. The van der Waals surface area contributed by atoms with E-state index in [9.17, 15) is 9.59 Å². The molecule has 2 saturated heterocycles. The number of anilines is 1. The number of piperidine rings is 1. The van der Waals surface area contributed by atoms with E-state index in [0.29, 0.717) is 32.5 Å². The summed E-state index contributed by atoms with van der Waals surface area (Å²) in [5, 5.41) is 6.08. The smallest absolute Gasteiger partial charge is 0.321 e. The summed E-state index contributed by atoms with van der Waals surface area (Å²) in [5.41, 5.74) is 0.788. The Balaban J connectivity index is 1.25. The molecule has 160 valence electrons. The van der Waals surface area contributed by atoms with Crippen LogP contribution in [-0.4, -0.2) is 49.6 Å². The van der Waals surface area contributed by atoms with Crippen LogP contribution in [0.15, 0.2) is 53.1 Å². The summed E-state index contributed by atoms with van der Waals surface area (Å²) in [4.78, 5) is 28.5. The molecule has 0 radical (unpaired) electrons. The Labute approximate surface area is 177 Å². The topological polar surface area (TPSA) is 79.0 Å². The lowest BCUT2D eigenvalue weighted by Crippen LogP contribution is -3.11. The van der Waals surface area contributed by atoms with Crippen molar-refractivity contribution >= 4 is 17.6 Å². The molecule has 3 heterocycles. The van der Waals surface area contributed by atoms with Crippen LogP contribution in [0.25, 0.3) is 0 Å². The van der Waals surface area contributed by atoms with Crippen LogP contribution in [-0.2, 0) is 4.79 Å². The van der Waals surface area contributed by atoms with E-state index in [1.807, 2.05) is 42.5 Å². The standard InChI is InChI=1S/C23H30N4O3/c28-22(24-17-20(21-9-6-16-30-21)26-12-4-5-13-26)18-10-14-27(15-11-18)23(29)25-19-7-2-1-3-8-19/h1-3,6-9,16,18,20H,4-5,10-15,17H2,(H,24,28)(H,25,29)/p+1/t20-/m0/s1. The number of amides is 3. The Kier molecular flexibility index (Phi) is 6.69. The predicted molar refractivity (Wildman–Crippen MR) is 114 cm³/mol. The molecule has 7 heteroatoms. The maximum atomic E-state index is 12.8. The minimum Gasteiger partial charge on any atom is -0.463 e. The first-order valence-corrected chi connectivity index (χ1v) is 11.0. The normalized spacial score (nSPS) is 18.9. The molecule has 1 aromatic heterocycles. The molecule has 0 saturated carbocycles. The third-order valence-corrected chi connectivity index (χ3v) is 6.28. The number of nitrogens with zero attached hydrogens (tertiary/aromatic N) is 1. The fraction of sp³-hybridized carbons (Fsp3) is 0.478. The van der Waals surface area contributed by atoms with Crippen molar-refractivity contribution in [1.29, 1.82) is 0 Å². The van der Waals surface area contributed by atoms with Gasteiger partial charge in [-0.25, -0.2) is 4.79 Å². The monoisotopic (exact) mass is 411 g/mol. The van der Waals surface area contributed by atoms with Crippen LogP contribution in [0.5, 0.6) is 0 Å². The van der Waals surface area contributed by atoms with Crippen LogP contribution in [0.3, 0.4) is 0 Å². The number of furan rings is 1. The van der Waals surface area contributed by atoms with Crippen LogP contribution < -0.4 is 15.5 Å². The van der Waals surface area contributed by atoms with Crippen molar-refractivity contribution in [2.24, 2.45) is 5.92 Å². The van der Waals surface area contributed by atoms with E-state index in [1.54, 1.807) is 11.2 Å². The molecule has 0 spiro atoms. The lowest BCUT2D eigenvalue weighted by molar-refractivity contribution is -0.919. The van der Waals surface area contributed by atoms with Crippen molar-refractivity contribution in [3.63, 3.8) is 0 Å². The number of likely N-dealkylation sites (tertiary alicyclic amines) is 2. The number of hydrogen-bond donors (Lipinski definition) is 3. The van der Waals surface area contributed by atoms with E-state index < -0.39 is 0 Å². The fourth-order valence-electron chi connectivity index (χ4n) is 4.53. The molecule has 2 aliphatic heterocycles. The molecule has 2 aromatic rings. The number of hydrogen-bond acceptors (Lipinski definition) is 3. The van der Waals surface area contributed by atoms with Gasteiger partial charge in [0.05, 0.1) is 25.9 Å². The molecule has 0 bridgehead atoms. The first kappa shape index (κ1) is 20.5. The molecule has 1 atom stereocenters. The number of carbonyl (C=O) groups is 2. The second kappa shape index (κ2) is 9.80. The SMILES string of the molecule is O=C(NC[C@@H](c1ccco1)[NH+]1CCCC1)C1CCN(C(=O)Nc2ccccc2)CC1. The molecule has 0 aliphatic carbocycles.